The molecule has 0 radical (unpaired) electrons. The van der Waals surface area contributed by atoms with E-state index in [4.69, 9.17) is 14.7 Å². The van der Waals surface area contributed by atoms with E-state index in [1.54, 1.807) is 18.2 Å². The first-order valence-corrected chi connectivity index (χ1v) is 10.5. The van der Waals surface area contributed by atoms with Gasteiger partial charge in [-0.1, -0.05) is 42.5 Å². The number of nitrogens with zero attached hydrogens (tertiary/aromatic N) is 2. The summed E-state index contributed by atoms with van der Waals surface area (Å²) < 4.78 is 11.0. The van der Waals surface area contributed by atoms with E-state index >= 15 is 0 Å². The highest BCUT2D eigenvalue weighted by molar-refractivity contribution is 8.18. The van der Waals surface area contributed by atoms with Crippen LogP contribution in [0.1, 0.15) is 12.5 Å². The van der Waals surface area contributed by atoms with Gasteiger partial charge >= 0.3 is 0 Å². The number of nitrogens with one attached hydrogen (secondary N) is 1. The van der Waals surface area contributed by atoms with Crippen molar-refractivity contribution < 1.29 is 14.3 Å². The fourth-order valence-corrected chi connectivity index (χ4v) is 3.99. The van der Waals surface area contributed by atoms with Gasteiger partial charge in [-0.2, -0.15) is 5.26 Å². The van der Waals surface area contributed by atoms with Gasteiger partial charge in [0.15, 0.2) is 23.3 Å². The van der Waals surface area contributed by atoms with Crippen molar-refractivity contribution in [2.24, 2.45) is 4.99 Å². The van der Waals surface area contributed by atoms with Crippen LogP contribution in [-0.4, -0.2) is 24.3 Å². The molecule has 1 fully saturated rings. The average Bonchev–Trinajstić information content (AvgIpc) is 3.12. The second-order valence-corrected chi connectivity index (χ2v) is 7.60. The van der Waals surface area contributed by atoms with Crippen molar-refractivity contribution in [3.63, 3.8) is 0 Å². The van der Waals surface area contributed by atoms with E-state index in [2.05, 4.69) is 10.3 Å². The van der Waals surface area contributed by atoms with E-state index in [0.717, 1.165) is 22.0 Å². The number of amidine groups is 1. The third-order valence-corrected chi connectivity index (χ3v) is 5.41. The fraction of sp³-hybridized carbons (Fsp3) is 0.125. The molecule has 1 amide bonds. The molecule has 0 atom stereocenters. The maximum atomic E-state index is 12.5. The Labute approximate surface area is 184 Å². The molecule has 6 nitrogen and oxygen atoms in total. The van der Waals surface area contributed by atoms with Crippen molar-refractivity contribution in [2.75, 3.05) is 13.2 Å². The molecular formula is C24H19N3O3S. The van der Waals surface area contributed by atoms with E-state index in [1.165, 1.54) is 11.8 Å². The van der Waals surface area contributed by atoms with Crippen molar-refractivity contribution in [2.45, 2.75) is 6.92 Å². The summed E-state index contributed by atoms with van der Waals surface area (Å²) in [5.41, 5.74) is 1.59. The molecule has 0 spiro atoms. The molecule has 1 heterocycles. The highest BCUT2D eigenvalue weighted by Gasteiger charge is 2.24. The Balaban J connectivity index is 1.60. The molecule has 31 heavy (non-hydrogen) atoms. The van der Waals surface area contributed by atoms with Crippen LogP contribution >= 0.6 is 11.8 Å². The van der Waals surface area contributed by atoms with Gasteiger partial charge in [-0.05, 0) is 53.9 Å². The molecule has 0 saturated carbocycles. The number of carbonyl (C=O) groups excluding carboxylic acids is 1. The molecule has 3 aromatic carbocycles. The maximum absolute atomic E-state index is 12.5. The van der Waals surface area contributed by atoms with Gasteiger partial charge in [-0.3, -0.25) is 4.79 Å². The number of benzene rings is 3. The molecule has 7 heteroatoms. The minimum Gasteiger partial charge on any atom is -0.490 e. The van der Waals surface area contributed by atoms with Crippen molar-refractivity contribution >= 4 is 45.4 Å². The van der Waals surface area contributed by atoms with E-state index in [1.807, 2.05) is 61.5 Å². The van der Waals surface area contributed by atoms with Crippen LogP contribution in [0.25, 0.3) is 16.8 Å². The van der Waals surface area contributed by atoms with Gasteiger partial charge < -0.3 is 14.8 Å². The minimum absolute atomic E-state index is 0.0627. The number of aliphatic imine (C=N–C) groups is 1. The van der Waals surface area contributed by atoms with Gasteiger partial charge in [0.1, 0.15) is 6.07 Å². The van der Waals surface area contributed by atoms with E-state index in [-0.39, 0.29) is 12.5 Å². The van der Waals surface area contributed by atoms with Crippen LogP contribution in [0.5, 0.6) is 11.5 Å². The Morgan fingerprint density at radius 3 is 2.77 bits per heavy atom. The number of hydrogen-bond donors (Lipinski definition) is 1. The largest absolute Gasteiger partial charge is 0.490 e. The lowest BCUT2D eigenvalue weighted by molar-refractivity contribution is -0.115. The van der Waals surface area contributed by atoms with Gasteiger partial charge in [-0.15, -0.1) is 0 Å². The first kappa shape index (κ1) is 20.5. The molecule has 0 aliphatic carbocycles. The zero-order valence-corrected chi connectivity index (χ0v) is 17.6. The summed E-state index contributed by atoms with van der Waals surface area (Å²) in [6, 6.07) is 21.2. The highest BCUT2D eigenvalue weighted by atomic mass is 32.2. The smallest absolute Gasteiger partial charge is 0.264 e. The Kier molecular flexibility index (Phi) is 6.20. The van der Waals surface area contributed by atoms with Gasteiger partial charge in [0.25, 0.3) is 5.91 Å². The SMILES string of the molecule is CCOc1cc(/C=C2\SC(=Nc3cccc4ccccc34)NC2=O)ccc1OCC#N. The molecule has 1 N–H and O–H groups in total. The summed E-state index contributed by atoms with van der Waals surface area (Å²) in [5.74, 6) is 0.819. The number of nitriles is 1. The molecule has 0 unspecified atom stereocenters. The van der Waals surface area contributed by atoms with Gasteiger partial charge in [0, 0.05) is 5.39 Å². The van der Waals surface area contributed by atoms with Gasteiger partial charge in [0.05, 0.1) is 17.2 Å². The molecule has 1 aliphatic rings. The van der Waals surface area contributed by atoms with Gasteiger partial charge in [0.2, 0.25) is 0 Å². The van der Waals surface area contributed by atoms with Crippen molar-refractivity contribution in [1.82, 2.24) is 5.32 Å². The van der Waals surface area contributed by atoms with Crippen LogP contribution in [0.15, 0.2) is 70.6 Å². The second kappa shape index (κ2) is 9.37. The molecule has 1 saturated heterocycles. The van der Waals surface area contributed by atoms with E-state index < -0.39 is 0 Å². The van der Waals surface area contributed by atoms with Crippen LogP contribution in [0.3, 0.4) is 0 Å². The molecule has 0 aromatic heterocycles. The molecule has 1 aliphatic heterocycles. The zero-order valence-electron chi connectivity index (χ0n) is 16.8. The quantitative estimate of drug-likeness (QED) is 0.556. The lowest BCUT2D eigenvalue weighted by Crippen LogP contribution is -2.19. The number of amides is 1. The fourth-order valence-electron chi connectivity index (χ4n) is 3.16. The summed E-state index contributed by atoms with van der Waals surface area (Å²) >= 11 is 1.29. The number of thioether (sulfide) groups is 1. The van der Waals surface area contributed by atoms with Crippen LogP contribution in [0, 0.1) is 11.3 Å². The predicted molar refractivity (Wildman–Crippen MR) is 123 cm³/mol. The Hall–Kier alpha value is -3.76. The highest BCUT2D eigenvalue weighted by Crippen LogP contribution is 2.33. The summed E-state index contributed by atoms with van der Waals surface area (Å²) in [4.78, 5) is 17.7. The van der Waals surface area contributed by atoms with Crippen LogP contribution < -0.4 is 14.8 Å². The molecule has 3 aromatic rings. The zero-order chi connectivity index (χ0) is 21.6. The normalized spacial score (nSPS) is 15.8. The Morgan fingerprint density at radius 1 is 1.10 bits per heavy atom. The molecule has 4 rings (SSSR count). The third-order valence-electron chi connectivity index (χ3n) is 4.50. The topological polar surface area (TPSA) is 83.7 Å². The molecule has 0 bridgehead atoms. The van der Waals surface area contributed by atoms with Crippen LogP contribution in [0.4, 0.5) is 5.69 Å². The Bertz CT molecular complexity index is 1240. The maximum Gasteiger partial charge on any atom is 0.264 e. The third kappa shape index (κ3) is 4.71. The standard InChI is InChI=1S/C24H19N3O3S/c1-2-29-21-14-16(10-11-20(21)30-13-12-25)15-22-23(28)27-24(31-22)26-19-9-5-7-17-6-3-4-8-18(17)19/h3-11,14-15H,2,13H2,1H3,(H,26,27,28)/b22-15-. The first-order chi connectivity index (χ1) is 15.2. The van der Waals surface area contributed by atoms with Crippen molar-refractivity contribution in [1.29, 1.82) is 5.26 Å². The summed E-state index contributed by atoms with van der Waals surface area (Å²) in [7, 11) is 0. The van der Waals surface area contributed by atoms with E-state index in [0.29, 0.717) is 28.2 Å². The van der Waals surface area contributed by atoms with Gasteiger partial charge in [-0.25, -0.2) is 4.99 Å². The summed E-state index contributed by atoms with van der Waals surface area (Å²) in [6.07, 6.45) is 1.78. The second-order valence-electron chi connectivity index (χ2n) is 6.57. The molecule has 154 valence electrons. The average molecular weight is 430 g/mol. The summed E-state index contributed by atoms with van der Waals surface area (Å²) in [5, 5.41) is 14.2. The number of fused-ring (bicyclic) bond motifs is 1. The number of hydrogen-bond acceptors (Lipinski definition) is 6. The van der Waals surface area contributed by atoms with Crippen LogP contribution in [-0.2, 0) is 4.79 Å². The lowest BCUT2D eigenvalue weighted by Gasteiger charge is -2.10. The number of rotatable bonds is 6. The van der Waals surface area contributed by atoms with Crippen molar-refractivity contribution in [3.05, 3.63) is 71.1 Å². The van der Waals surface area contributed by atoms with Crippen LogP contribution in [0.2, 0.25) is 0 Å². The summed E-state index contributed by atoms with van der Waals surface area (Å²) in [6.45, 7) is 2.27. The van der Waals surface area contributed by atoms with Crippen molar-refractivity contribution in [3.8, 4) is 17.6 Å². The predicted octanol–water partition coefficient (Wildman–Crippen LogP) is 5.03. The number of carbonyl (C=O) groups is 1. The minimum atomic E-state index is -0.202. The van der Waals surface area contributed by atoms with E-state index in [9.17, 15) is 4.79 Å². The monoisotopic (exact) mass is 429 g/mol. The molecular weight excluding hydrogens is 410 g/mol. The first-order valence-electron chi connectivity index (χ1n) is 9.72. The number of ether oxygens (including phenoxy) is 2. The lowest BCUT2D eigenvalue weighted by atomic mass is 10.1. The Morgan fingerprint density at radius 2 is 1.94 bits per heavy atom.